The molecule has 0 bridgehead atoms. The van der Waals surface area contributed by atoms with E-state index in [1.54, 1.807) is 7.05 Å². The van der Waals surface area contributed by atoms with E-state index in [2.05, 4.69) is 5.32 Å². The molecule has 0 saturated carbocycles. The molecule has 1 fully saturated rings. The van der Waals surface area contributed by atoms with Crippen LogP contribution < -0.4 is 0 Å². The zero-order chi connectivity index (χ0) is 6.91. The highest BCUT2D eigenvalue weighted by Gasteiger charge is 2.29. The Hall–Kier alpha value is -0.0900. The van der Waals surface area contributed by atoms with Gasteiger partial charge in [0.05, 0.1) is 11.5 Å². The third-order valence-electron chi connectivity index (χ3n) is 1.42. The van der Waals surface area contributed by atoms with Gasteiger partial charge in [0, 0.05) is 0 Å². The molecule has 1 rings (SSSR count). The smallest absolute Gasteiger partial charge is 0.150 e. The van der Waals surface area contributed by atoms with Gasteiger partial charge in [0.1, 0.15) is 0 Å². The summed E-state index contributed by atoms with van der Waals surface area (Å²) in [6.45, 7) is 0.708. The van der Waals surface area contributed by atoms with Crippen molar-refractivity contribution >= 4 is 9.84 Å². The van der Waals surface area contributed by atoms with Gasteiger partial charge in [-0.05, 0) is 5.92 Å². The molecule has 0 spiro atoms. The molecule has 0 N–H and O–H groups in total. The summed E-state index contributed by atoms with van der Waals surface area (Å²) in [7, 11) is -0.900. The molecule has 4 heteroatoms. The Morgan fingerprint density at radius 2 is 2.11 bits per heavy atom. The summed E-state index contributed by atoms with van der Waals surface area (Å²) in [5, 5.41) is 3.86. The van der Waals surface area contributed by atoms with Crippen molar-refractivity contribution in [2.45, 2.75) is 0 Å². The third kappa shape index (κ3) is 1.66. The fourth-order valence-corrected chi connectivity index (χ4v) is 2.58. The Bertz CT molecular complexity index is 173. The van der Waals surface area contributed by atoms with Gasteiger partial charge in [-0.3, -0.25) is 0 Å². The van der Waals surface area contributed by atoms with Gasteiger partial charge in [0.25, 0.3) is 0 Å². The first kappa shape index (κ1) is 7.02. The lowest BCUT2D eigenvalue weighted by Gasteiger charge is -2.30. The summed E-state index contributed by atoms with van der Waals surface area (Å²) in [5.74, 6) is 1.02. The molecular formula is C5H10NO2S-. The van der Waals surface area contributed by atoms with Crippen LogP contribution in [0.25, 0.3) is 5.32 Å². The maximum atomic E-state index is 10.5. The summed E-state index contributed by atoms with van der Waals surface area (Å²) < 4.78 is 21.1. The molecule has 1 heterocycles. The Morgan fingerprint density at radius 3 is 2.44 bits per heavy atom. The van der Waals surface area contributed by atoms with Gasteiger partial charge in [-0.1, -0.05) is 0 Å². The van der Waals surface area contributed by atoms with Crippen molar-refractivity contribution in [3.05, 3.63) is 5.32 Å². The minimum Gasteiger partial charge on any atom is -0.665 e. The number of rotatable bonds is 2. The first-order valence-corrected chi connectivity index (χ1v) is 4.72. The SMILES string of the molecule is C[N-]CC1CS(=O)(=O)C1. The van der Waals surface area contributed by atoms with Crippen LogP contribution in [0.1, 0.15) is 0 Å². The molecule has 0 aliphatic carbocycles. The van der Waals surface area contributed by atoms with Crippen molar-refractivity contribution in [2.24, 2.45) is 5.92 Å². The van der Waals surface area contributed by atoms with E-state index in [0.717, 1.165) is 0 Å². The van der Waals surface area contributed by atoms with Gasteiger partial charge in [-0.25, -0.2) is 8.42 Å². The standard InChI is InChI=1S/C5H10NO2S/c1-6-2-5-3-9(7,8)4-5/h5H,2-4H2,1H3/q-1. The fourth-order valence-electron chi connectivity index (χ4n) is 1.03. The fraction of sp³-hybridized carbons (Fsp3) is 1.00. The van der Waals surface area contributed by atoms with Gasteiger partial charge in [-0.15, -0.1) is 6.54 Å². The quantitative estimate of drug-likeness (QED) is 0.555. The molecule has 0 unspecified atom stereocenters. The van der Waals surface area contributed by atoms with Crippen molar-refractivity contribution in [1.29, 1.82) is 0 Å². The molecule has 0 aromatic carbocycles. The van der Waals surface area contributed by atoms with Crippen LogP contribution in [-0.4, -0.2) is 33.5 Å². The first-order chi connectivity index (χ1) is 4.14. The molecule has 1 aliphatic heterocycles. The normalized spacial score (nSPS) is 25.4. The molecule has 0 aromatic heterocycles. The van der Waals surface area contributed by atoms with E-state index in [9.17, 15) is 8.42 Å². The average molecular weight is 148 g/mol. The van der Waals surface area contributed by atoms with E-state index in [0.29, 0.717) is 24.0 Å². The summed E-state index contributed by atoms with van der Waals surface area (Å²) in [6, 6.07) is 0. The van der Waals surface area contributed by atoms with Crippen LogP contribution in [0.15, 0.2) is 0 Å². The van der Waals surface area contributed by atoms with Crippen LogP contribution in [0.3, 0.4) is 0 Å². The predicted octanol–water partition coefficient (Wildman–Crippen LogP) is 0.0345. The summed E-state index contributed by atoms with van der Waals surface area (Å²) >= 11 is 0. The molecule has 54 valence electrons. The van der Waals surface area contributed by atoms with Gasteiger partial charge in [0.2, 0.25) is 0 Å². The highest BCUT2D eigenvalue weighted by Crippen LogP contribution is 2.18. The topological polar surface area (TPSA) is 48.2 Å². The maximum Gasteiger partial charge on any atom is 0.150 e. The van der Waals surface area contributed by atoms with Crippen molar-refractivity contribution in [2.75, 3.05) is 25.1 Å². The number of hydrogen-bond acceptors (Lipinski definition) is 2. The molecule has 3 nitrogen and oxygen atoms in total. The van der Waals surface area contributed by atoms with Crippen LogP contribution >= 0.6 is 0 Å². The lowest BCUT2D eigenvalue weighted by atomic mass is 10.2. The zero-order valence-corrected chi connectivity index (χ0v) is 6.19. The minimum atomic E-state index is -2.61. The monoisotopic (exact) mass is 148 g/mol. The summed E-state index contributed by atoms with van der Waals surface area (Å²) in [4.78, 5) is 0. The highest BCUT2D eigenvalue weighted by atomic mass is 32.2. The Labute approximate surface area is 55.4 Å². The second-order valence-corrected chi connectivity index (χ2v) is 4.60. The van der Waals surface area contributed by atoms with Crippen molar-refractivity contribution in [3.8, 4) is 0 Å². The molecule has 0 aromatic rings. The third-order valence-corrected chi connectivity index (χ3v) is 3.38. The first-order valence-electron chi connectivity index (χ1n) is 2.90. The Balaban J connectivity index is 2.28. The van der Waals surface area contributed by atoms with E-state index in [1.165, 1.54) is 0 Å². The van der Waals surface area contributed by atoms with Crippen LogP contribution in [0.2, 0.25) is 0 Å². The van der Waals surface area contributed by atoms with Crippen molar-refractivity contribution < 1.29 is 8.42 Å². The molecule has 0 radical (unpaired) electrons. The van der Waals surface area contributed by atoms with Gasteiger partial charge >= 0.3 is 0 Å². The lowest BCUT2D eigenvalue weighted by molar-refractivity contribution is 0.535. The summed E-state index contributed by atoms with van der Waals surface area (Å²) in [6.07, 6.45) is 0. The maximum absolute atomic E-state index is 10.5. The number of nitrogens with zero attached hydrogens (tertiary/aromatic N) is 1. The van der Waals surface area contributed by atoms with Crippen LogP contribution in [0.4, 0.5) is 0 Å². The number of hydrogen-bond donors (Lipinski definition) is 0. The van der Waals surface area contributed by atoms with E-state index in [1.807, 2.05) is 0 Å². The minimum absolute atomic E-state index is 0.319. The Kier molecular flexibility index (Phi) is 1.77. The Morgan fingerprint density at radius 1 is 1.56 bits per heavy atom. The number of sulfone groups is 1. The van der Waals surface area contributed by atoms with Gasteiger partial charge < -0.3 is 5.32 Å². The van der Waals surface area contributed by atoms with Crippen LogP contribution in [0.5, 0.6) is 0 Å². The average Bonchev–Trinajstić information content (AvgIpc) is 1.62. The van der Waals surface area contributed by atoms with Crippen LogP contribution in [0, 0.1) is 5.92 Å². The van der Waals surface area contributed by atoms with E-state index >= 15 is 0 Å². The second-order valence-electron chi connectivity index (χ2n) is 2.44. The second kappa shape index (κ2) is 2.27. The molecule has 0 atom stereocenters. The highest BCUT2D eigenvalue weighted by molar-refractivity contribution is 7.92. The molecule has 0 amide bonds. The van der Waals surface area contributed by atoms with Crippen molar-refractivity contribution in [3.63, 3.8) is 0 Å². The van der Waals surface area contributed by atoms with Gasteiger partial charge in [-0.2, -0.15) is 7.05 Å². The lowest BCUT2D eigenvalue weighted by Crippen LogP contribution is -2.38. The summed E-state index contributed by atoms with van der Waals surface area (Å²) in [5.41, 5.74) is 0. The molecular weight excluding hydrogens is 138 g/mol. The zero-order valence-electron chi connectivity index (χ0n) is 5.37. The van der Waals surface area contributed by atoms with Crippen molar-refractivity contribution in [1.82, 2.24) is 0 Å². The van der Waals surface area contributed by atoms with E-state index in [-0.39, 0.29) is 0 Å². The molecule has 1 saturated heterocycles. The van der Waals surface area contributed by atoms with Gasteiger partial charge in [0.15, 0.2) is 9.84 Å². The van der Waals surface area contributed by atoms with E-state index < -0.39 is 9.84 Å². The molecule has 9 heavy (non-hydrogen) atoms. The largest absolute Gasteiger partial charge is 0.665 e. The molecule has 1 aliphatic rings. The van der Waals surface area contributed by atoms with Crippen LogP contribution in [-0.2, 0) is 9.84 Å². The van der Waals surface area contributed by atoms with E-state index in [4.69, 9.17) is 0 Å². The predicted molar refractivity (Wildman–Crippen MR) is 36.3 cm³/mol.